The number of nitrogens with zero attached hydrogens (tertiary/aromatic N) is 5. The van der Waals surface area contributed by atoms with Crippen molar-refractivity contribution in [3.8, 4) is 11.3 Å². The molecular formula is C14H12N6. The minimum atomic E-state index is 0.506. The minimum absolute atomic E-state index is 0.506. The summed E-state index contributed by atoms with van der Waals surface area (Å²) in [5.74, 6) is 1.85. The third kappa shape index (κ3) is 2.74. The molecule has 0 amide bonds. The lowest BCUT2D eigenvalue weighted by atomic mass is 10.2. The quantitative estimate of drug-likeness (QED) is 0.782. The van der Waals surface area contributed by atoms with Crippen molar-refractivity contribution < 1.29 is 0 Å². The molecule has 6 heteroatoms. The number of anilines is 2. The predicted octanol–water partition coefficient (Wildman–Crippen LogP) is 2.38. The van der Waals surface area contributed by atoms with Crippen LogP contribution in [0.4, 0.5) is 11.8 Å². The zero-order valence-electron chi connectivity index (χ0n) is 10.9. The smallest absolute Gasteiger partial charge is 0.228 e. The zero-order valence-corrected chi connectivity index (χ0v) is 10.9. The van der Waals surface area contributed by atoms with Gasteiger partial charge < -0.3 is 5.32 Å². The van der Waals surface area contributed by atoms with E-state index in [1.807, 2.05) is 25.1 Å². The molecule has 0 aliphatic rings. The Morgan fingerprint density at radius 2 is 1.70 bits per heavy atom. The lowest BCUT2D eigenvalue weighted by Crippen LogP contribution is -2.01. The van der Waals surface area contributed by atoms with Gasteiger partial charge in [0.05, 0.1) is 5.69 Å². The average molecular weight is 264 g/mol. The van der Waals surface area contributed by atoms with Crippen molar-refractivity contribution in [1.82, 2.24) is 24.9 Å². The molecule has 3 aromatic rings. The third-order valence-electron chi connectivity index (χ3n) is 2.62. The van der Waals surface area contributed by atoms with Crippen LogP contribution in [0, 0.1) is 6.92 Å². The molecule has 0 fully saturated rings. The fraction of sp³-hybridized carbons (Fsp3) is 0.0714. The Morgan fingerprint density at radius 1 is 0.950 bits per heavy atom. The van der Waals surface area contributed by atoms with Crippen molar-refractivity contribution in [2.24, 2.45) is 0 Å². The standard InChI is InChI=1S/C14H12N6/c1-10-18-12(11-3-7-15-8-4-11)9-13(19-10)20-14-16-5-2-6-17-14/h2-9H,1H3,(H,16,17,18,19,20). The molecule has 98 valence electrons. The molecule has 3 rings (SSSR count). The Hall–Kier alpha value is -2.89. The highest BCUT2D eigenvalue weighted by atomic mass is 15.1. The molecule has 0 spiro atoms. The van der Waals surface area contributed by atoms with Crippen molar-refractivity contribution in [2.45, 2.75) is 6.92 Å². The molecule has 3 aromatic heterocycles. The van der Waals surface area contributed by atoms with Crippen molar-refractivity contribution >= 4 is 11.8 Å². The van der Waals surface area contributed by atoms with E-state index in [1.165, 1.54) is 0 Å². The van der Waals surface area contributed by atoms with Crippen LogP contribution in [0.15, 0.2) is 49.1 Å². The summed E-state index contributed by atoms with van der Waals surface area (Å²) in [6.45, 7) is 1.85. The van der Waals surface area contributed by atoms with Gasteiger partial charge in [-0.1, -0.05) is 0 Å². The number of pyridine rings is 1. The van der Waals surface area contributed by atoms with Crippen LogP contribution in [0.1, 0.15) is 5.82 Å². The second-order valence-corrected chi connectivity index (χ2v) is 4.12. The molecule has 0 aliphatic carbocycles. The van der Waals surface area contributed by atoms with Crippen LogP contribution >= 0.6 is 0 Å². The molecular weight excluding hydrogens is 252 g/mol. The van der Waals surface area contributed by atoms with Gasteiger partial charge in [0.15, 0.2) is 0 Å². The van der Waals surface area contributed by atoms with E-state index in [-0.39, 0.29) is 0 Å². The minimum Gasteiger partial charge on any atom is -0.309 e. The maximum absolute atomic E-state index is 4.43. The van der Waals surface area contributed by atoms with E-state index in [9.17, 15) is 0 Å². The highest BCUT2D eigenvalue weighted by molar-refractivity contribution is 5.63. The molecule has 0 bridgehead atoms. The first kappa shape index (κ1) is 12.2. The van der Waals surface area contributed by atoms with Crippen LogP contribution in [0.25, 0.3) is 11.3 Å². The summed E-state index contributed by atoms with van der Waals surface area (Å²) in [6, 6.07) is 7.44. The maximum Gasteiger partial charge on any atom is 0.228 e. The summed E-state index contributed by atoms with van der Waals surface area (Å²) >= 11 is 0. The fourth-order valence-electron chi connectivity index (χ4n) is 1.78. The van der Waals surface area contributed by atoms with Crippen molar-refractivity contribution in [2.75, 3.05) is 5.32 Å². The van der Waals surface area contributed by atoms with Crippen molar-refractivity contribution in [3.05, 3.63) is 54.9 Å². The highest BCUT2D eigenvalue weighted by Crippen LogP contribution is 2.20. The summed E-state index contributed by atoms with van der Waals surface area (Å²) in [7, 11) is 0. The van der Waals surface area contributed by atoms with E-state index in [4.69, 9.17) is 0 Å². The lowest BCUT2D eigenvalue weighted by molar-refractivity contribution is 1.05. The number of rotatable bonds is 3. The number of nitrogens with one attached hydrogen (secondary N) is 1. The molecule has 3 heterocycles. The highest BCUT2D eigenvalue weighted by Gasteiger charge is 2.05. The first-order chi connectivity index (χ1) is 9.81. The van der Waals surface area contributed by atoms with E-state index >= 15 is 0 Å². The van der Waals surface area contributed by atoms with Gasteiger partial charge in [-0.25, -0.2) is 19.9 Å². The Labute approximate surface area is 116 Å². The third-order valence-corrected chi connectivity index (χ3v) is 2.62. The number of aryl methyl sites for hydroxylation is 1. The van der Waals surface area contributed by atoms with Gasteiger partial charge in [0.2, 0.25) is 5.95 Å². The molecule has 0 saturated heterocycles. The first-order valence-electron chi connectivity index (χ1n) is 6.11. The van der Waals surface area contributed by atoms with E-state index in [1.54, 1.807) is 30.9 Å². The molecule has 0 unspecified atom stereocenters. The number of hydrogen-bond donors (Lipinski definition) is 1. The predicted molar refractivity (Wildman–Crippen MR) is 75.3 cm³/mol. The molecule has 0 saturated carbocycles. The summed E-state index contributed by atoms with van der Waals surface area (Å²) in [5.41, 5.74) is 1.82. The molecule has 6 nitrogen and oxygen atoms in total. The number of aromatic nitrogens is 5. The van der Waals surface area contributed by atoms with Gasteiger partial charge in [-0.3, -0.25) is 4.98 Å². The molecule has 0 atom stereocenters. The van der Waals surface area contributed by atoms with Crippen LogP contribution in [-0.4, -0.2) is 24.9 Å². The van der Waals surface area contributed by atoms with Gasteiger partial charge in [-0.05, 0) is 25.1 Å². The van der Waals surface area contributed by atoms with E-state index in [2.05, 4.69) is 30.2 Å². The van der Waals surface area contributed by atoms with E-state index in [0.717, 1.165) is 11.3 Å². The molecule has 0 aliphatic heterocycles. The SMILES string of the molecule is Cc1nc(Nc2ncccn2)cc(-c2ccncc2)n1. The largest absolute Gasteiger partial charge is 0.309 e. The van der Waals surface area contributed by atoms with Crippen LogP contribution in [-0.2, 0) is 0 Å². The number of hydrogen-bond acceptors (Lipinski definition) is 6. The Morgan fingerprint density at radius 3 is 2.45 bits per heavy atom. The first-order valence-corrected chi connectivity index (χ1v) is 6.11. The van der Waals surface area contributed by atoms with Crippen molar-refractivity contribution in [3.63, 3.8) is 0 Å². The summed E-state index contributed by atoms with van der Waals surface area (Å²) in [5, 5.41) is 3.07. The van der Waals surface area contributed by atoms with Gasteiger partial charge in [0, 0.05) is 36.4 Å². The molecule has 1 N–H and O–H groups in total. The van der Waals surface area contributed by atoms with Gasteiger partial charge in [0.25, 0.3) is 0 Å². The monoisotopic (exact) mass is 264 g/mol. The summed E-state index contributed by atoms with van der Waals surface area (Å²) in [6.07, 6.45) is 6.82. The van der Waals surface area contributed by atoms with Gasteiger partial charge in [-0.2, -0.15) is 0 Å². The average Bonchev–Trinajstić information content (AvgIpc) is 2.49. The Kier molecular flexibility index (Phi) is 3.28. The van der Waals surface area contributed by atoms with Gasteiger partial charge in [0.1, 0.15) is 11.6 Å². The van der Waals surface area contributed by atoms with Crippen LogP contribution in [0.3, 0.4) is 0 Å². The lowest BCUT2D eigenvalue weighted by Gasteiger charge is -2.07. The zero-order chi connectivity index (χ0) is 13.8. The van der Waals surface area contributed by atoms with Crippen LogP contribution in [0.5, 0.6) is 0 Å². The maximum atomic E-state index is 4.43. The molecule has 0 radical (unpaired) electrons. The van der Waals surface area contributed by atoms with Gasteiger partial charge >= 0.3 is 0 Å². The van der Waals surface area contributed by atoms with E-state index in [0.29, 0.717) is 17.6 Å². The van der Waals surface area contributed by atoms with Crippen LogP contribution in [0.2, 0.25) is 0 Å². The Bertz CT molecular complexity index is 699. The topological polar surface area (TPSA) is 76.5 Å². The Balaban J connectivity index is 1.95. The van der Waals surface area contributed by atoms with Gasteiger partial charge in [-0.15, -0.1) is 0 Å². The second-order valence-electron chi connectivity index (χ2n) is 4.12. The van der Waals surface area contributed by atoms with Crippen LogP contribution < -0.4 is 5.32 Å². The molecule has 0 aromatic carbocycles. The second kappa shape index (κ2) is 5.40. The fourth-order valence-corrected chi connectivity index (χ4v) is 1.78. The normalized spacial score (nSPS) is 10.2. The van der Waals surface area contributed by atoms with E-state index < -0.39 is 0 Å². The summed E-state index contributed by atoms with van der Waals surface area (Å²) < 4.78 is 0. The molecule has 20 heavy (non-hydrogen) atoms. The summed E-state index contributed by atoms with van der Waals surface area (Å²) in [4.78, 5) is 21.0. The van der Waals surface area contributed by atoms with Crippen molar-refractivity contribution in [1.29, 1.82) is 0 Å².